The molecule has 2 N–H and O–H groups in total. The normalized spacial score (nSPS) is 24.8. The Morgan fingerprint density at radius 3 is 2.67 bits per heavy atom. The fraction of sp³-hybridized carbons (Fsp3) is 0.684. The third-order valence-corrected chi connectivity index (χ3v) is 10.1. The van der Waals surface area contributed by atoms with Gasteiger partial charge in [0.25, 0.3) is 5.56 Å². The molecule has 152 valence electrons. The second-order valence-electron chi connectivity index (χ2n) is 8.78. The highest BCUT2D eigenvalue weighted by Crippen LogP contribution is 2.41. The molecule has 0 radical (unpaired) electrons. The quantitative estimate of drug-likeness (QED) is 0.569. The first-order valence-electron chi connectivity index (χ1n) is 9.31. The Labute approximate surface area is 161 Å². The lowest BCUT2D eigenvalue weighted by atomic mass is 10.1. The first-order valence-corrected chi connectivity index (χ1v) is 12.2. The fourth-order valence-electron chi connectivity index (χ4n) is 2.95. The molecule has 0 amide bonds. The van der Waals surface area contributed by atoms with E-state index in [4.69, 9.17) is 9.16 Å². The molecule has 27 heavy (non-hydrogen) atoms. The lowest BCUT2D eigenvalue weighted by Crippen LogP contribution is -2.48. The molecular formula is C19H32N2O5Si. The summed E-state index contributed by atoms with van der Waals surface area (Å²) in [5.41, 5.74) is -0.512. The molecule has 7 nitrogen and oxygen atoms in total. The zero-order valence-electron chi connectivity index (χ0n) is 17.1. The molecule has 0 aliphatic carbocycles. The molecular weight excluding hydrogens is 364 g/mol. The number of nitrogens with zero attached hydrogens (tertiary/aromatic N) is 1. The van der Waals surface area contributed by atoms with Gasteiger partial charge in [-0.2, -0.15) is 0 Å². The number of aliphatic hydroxyl groups is 1. The number of aliphatic hydroxyl groups excluding tert-OH is 1. The topological polar surface area (TPSA) is 93.5 Å². The van der Waals surface area contributed by atoms with Gasteiger partial charge < -0.3 is 14.3 Å². The van der Waals surface area contributed by atoms with Gasteiger partial charge in [-0.25, -0.2) is 4.79 Å². The molecule has 0 aromatic carbocycles. The highest BCUT2D eigenvalue weighted by atomic mass is 28.4. The minimum atomic E-state index is -2.11. The minimum absolute atomic E-state index is 0.00440. The summed E-state index contributed by atoms with van der Waals surface area (Å²) in [6.07, 6.45) is 1.64. The van der Waals surface area contributed by atoms with Crippen molar-refractivity contribution in [2.24, 2.45) is 0 Å². The summed E-state index contributed by atoms with van der Waals surface area (Å²) in [5.74, 6) is 0. The van der Waals surface area contributed by atoms with E-state index >= 15 is 0 Å². The molecule has 1 aliphatic rings. The van der Waals surface area contributed by atoms with Crippen LogP contribution in [0.4, 0.5) is 0 Å². The van der Waals surface area contributed by atoms with Crippen LogP contribution < -0.4 is 11.2 Å². The smallest absolute Gasteiger partial charge is 0.330 e. The summed E-state index contributed by atoms with van der Waals surface area (Å²) in [4.78, 5) is 26.2. The zero-order chi connectivity index (χ0) is 20.6. The van der Waals surface area contributed by atoms with Gasteiger partial charge in [0, 0.05) is 18.2 Å². The van der Waals surface area contributed by atoms with E-state index in [1.165, 1.54) is 10.8 Å². The van der Waals surface area contributed by atoms with Gasteiger partial charge in [0.2, 0.25) is 0 Å². The summed E-state index contributed by atoms with van der Waals surface area (Å²) in [5, 5.41) is 10.6. The molecule has 0 saturated carbocycles. The van der Waals surface area contributed by atoms with E-state index in [1.807, 2.05) is 0 Å². The van der Waals surface area contributed by atoms with Crippen molar-refractivity contribution >= 4 is 8.32 Å². The van der Waals surface area contributed by atoms with Gasteiger partial charge in [-0.1, -0.05) is 26.8 Å². The molecule has 1 saturated heterocycles. The van der Waals surface area contributed by atoms with Gasteiger partial charge in [-0.05, 0) is 31.5 Å². The number of nitrogens with one attached hydrogen (secondary N) is 1. The monoisotopic (exact) mass is 396 g/mol. The second-order valence-corrected chi connectivity index (χ2v) is 13.5. The van der Waals surface area contributed by atoms with E-state index in [-0.39, 0.29) is 11.1 Å². The fourth-order valence-corrected chi connectivity index (χ4v) is 4.29. The van der Waals surface area contributed by atoms with Crippen molar-refractivity contribution in [3.05, 3.63) is 45.3 Å². The van der Waals surface area contributed by atoms with Gasteiger partial charge in [-0.3, -0.25) is 14.3 Å². The molecule has 1 aromatic heterocycles. The van der Waals surface area contributed by atoms with Crippen LogP contribution in [0.3, 0.4) is 0 Å². The lowest BCUT2D eigenvalue weighted by Gasteiger charge is -2.39. The lowest BCUT2D eigenvalue weighted by molar-refractivity contribution is -0.0798. The predicted octanol–water partition coefficient (Wildman–Crippen LogP) is 2.46. The van der Waals surface area contributed by atoms with Gasteiger partial charge in [-0.15, -0.1) is 6.58 Å². The van der Waals surface area contributed by atoms with Crippen molar-refractivity contribution in [2.45, 2.75) is 83.2 Å². The Kier molecular flexibility index (Phi) is 6.36. The van der Waals surface area contributed by atoms with Crippen molar-refractivity contribution in [3.63, 3.8) is 0 Å². The predicted molar refractivity (Wildman–Crippen MR) is 107 cm³/mol. The molecule has 1 fully saturated rings. The maximum atomic E-state index is 12.2. The van der Waals surface area contributed by atoms with E-state index in [1.54, 1.807) is 13.0 Å². The second kappa shape index (κ2) is 7.87. The Bertz CT molecular complexity index is 793. The SMILES string of the molecule is C=CC[C@H](O)[C@H]1O[C@@H](n2cc(C)c(=O)[nH]c2=O)C[C@@H]1O[Si](C)(C)C(C)(C)C. The van der Waals surface area contributed by atoms with Crippen LogP contribution in [0.1, 0.15) is 45.4 Å². The molecule has 2 rings (SSSR count). The average Bonchev–Trinajstić information content (AvgIpc) is 2.93. The van der Waals surface area contributed by atoms with Crippen LogP contribution in [0.25, 0.3) is 0 Å². The molecule has 0 unspecified atom stereocenters. The third-order valence-electron chi connectivity index (χ3n) is 5.61. The summed E-state index contributed by atoms with van der Waals surface area (Å²) < 4.78 is 13.9. The van der Waals surface area contributed by atoms with Crippen molar-refractivity contribution in [3.8, 4) is 0 Å². The molecule has 4 atom stereocenters. The van der Waals surface area contributed by atoms with E-state index in [0.29, 0.717) is 18.4 Å². The van der Waals surface area contributed by atoms with E-state index < -0.39 is 38.0 Å². The van der Waals surface area contributed by atoms with Crippen molar-refractivity contribution in [1.29, 1.82) is 0 Å². The first kappa shape index (κ1) is 21.8. The maximum Gasteiger partial charge on any atom is 0.330 e. The van der Waals surface area contributed by atoms with Crippen LogP contribution >= 0.6 is 0 Å². The number of aromatic nitrogens is 2. The molecule has 0 spiro atoms. The van der Waals surface area contributed by atoms with Crippen LogP contribution in [-0.2, 0) is 9.16 Å². The van der Waals surface area contributed by atoms with Gasteiger partial charge in [0.1, 0.15) is 12.3 Å². The number of hydrogen-bond donors (Lipinski definition) is 2. The van der Waals surface area contributed by atoms with Crippen LogP contribution in [0.15, 0.2) is 28.4 Å². The van der Waals surface area contributed by atoms with Crippen LogP contribution in [0.5, 0.6) is 0 Å². The summed E-state index contributed by atoms with van der Waals surface area (Å²) in [6, 6.07) is 0. The van der Waals surface area contributed by atoms with Crippen molar-refractivity contribution in [1.82, 2.24) is 9.55 Å². The van der Waals surface area contributed by atoms with Crippen molar-refractivity contribution in [2.75, 3.05) is 0 Å². The van der Waals surface area contributed by atoms with E-state index in [0.717, 1.165) is 0 Å². The van der Waals surface area contributed by atoms with Crippen molar-refractivity contribution < 1.29 is 14.3 Å². The van der Waals surface area contributed by atoms with Crippen LogP contribution in [-0.4, -0.2) is 41.3 Å². The third kappa shape index (κ3) is 4.68. The number of hydrogen-bond acceptors (Lipinski definition) is 5. The van der Waals surface area contributed by atoms with Crippen LogP contribution in [0.2, 0.25) is 18.1 Å². The zero-order valence-corrected chi connectivity index (χ0v) is 18.1. The highest BCUT2D eigenvalue weighted by Gasteiger charge is 2.47. The molecule has 1 aliphatic heterocycles. The number of H-pyrrole nitrogens is 1. The number of aryl methyl sites for hydroxylation is 1. The van der Waals surface area contributed by atoms with E-state index in [9.17, 15) is 14.7 Å². The van der Waals surface area contributed by atoms with E-state index in [2.05, 4.69) is 45.4 Å². The number of ether oxygens (including phenoxy) is 1. The largest absolute Gasteiger partial charge is 0.411 e. The van der Waals surface area contributed by atoms with Gasteiger partial charge >= 0.3 is 5.69 Å². The molecule has 8 heteroatoms. The van der Waals surface area contributed by atoms with Crippen LogP contribution in [0, 0.1) is 6.92 Å². The standard InChI is InChI=1S/C19H32N2O5Si/c1-8-9-13(22)16-14(26-27(6,7)19(3,4)5)10-15(25-16)21-11-12(2)17(23)20-18(21)24/h8,11,13-16,22H,1,9-10H2,2-7H3,(H,20,23,24)/t13-,14-,15+,16+/m0/s1. The van der Waals surface area contributed by atoms with Gasteiger partial charge in [0.05, 0.1) is 12.2 Å². The van der Waals surface area contributed by atoms with Gasteiger partial charge in [0.15, 0.2) is 8.32 Å². The molecule has 0 bridgehead atoms. The summed E-state index contributed by atoms with van der Waals surface area (Å²) in [6.45, 7) is 16.1. The Morgan fingerprint density at radius 1 is 1.48 bits per heavy atom. The Hall–Kier alpha value is -1.48. The minimum Gasteiger partial charge on any atom is -0.411 e. The highest BCUT2D eigenvalue weighted by molar-refractivity contribution is 6.74. The maximum absolute atomic E-state index is 12.2. The molecule has 1 aromatic rings. The summed E-state index contributed by atoms with van der Waals surface area (Å²) >= 11 is 0. The molecule has 2 heterocycles. The average molecular weight is 397 g/mol. The Balaban J connectivity index is 2.35. The summed E-state index contributed by atoms with van der Waals surface area (Å²) in [7, 11) is -2.11. The Morgan fingerprint density at radius 2 is 2.11 bits per heavy atom. The number of aromatic amines is 1. The first-order chi connectivity index (χ1) is 12.4. The number of rotatable bonds is 6.